The van der Waals surface area contributed by atoms with Gasteiger partial charge in [0, 0.05) is 31.6 Å². The molecule has 0 spiro atoms. The van der Waals surface area contributed by atoms with E-state index in [2.05, 4.69) is 9.88 Å². The summed E-state index contributed by atoms with van der Waals surface area (Å²) in [6.45, 7) is 8.30. The molecule has 9 nitrogen and oxygen atoms in total. The van der Waals surface area contributed by atoms with E-state index >= 15 is 0 Å². The van der Waals surface area contributed by atoms with Crippen molar-refractivity contribution in [1.29, 1.82) is 5.26 Å². The maximum absolute atomic E-state index is 12.4. The molecule has 1 N–H and O–H groups in total. The normalized spacial score (nSPS) is 16.2. The first-order valence-corrected chi connectivity index (χ1v) is 9.30. The van der Waals surface area contributed by atoms with Crippen LogP contribution in [0.15, 0.2) is 11.6 Å². The Morgan fingerprint density at radius 3 is 2.62 bits per heavy atom. The van der Waals surface area contributed by atoms with E-state index in [1.165, 1.54) is 13.0 Å². The number of urea groups is 1. The fourth-order valence-electron chi connectivity index (χ4n) is 3.41. The van der Waals surface area contributed by atoms with Crippen molar-refractivity contribution in [3.8, 4) is 6.07 Å². The maximum atomic E-state index is 12.4. The first-order chi connectivity index (χ1) is 13.7. The molecule has 3 amide bonds. The Hall–Kier alpha value is -3.12. The molecule has 1 fully saturated rings. The summed E-state index contributed by atoms with van der Waals surface area (Å²) in [5.41, 5.74) is 2.32. The highest BCUT2D eigenvalue weighted by molar-refractivity contribution is 6.02. The zero-order valence-corrected chi connectivity index (χ0v) is 17.3. The number of nitrogens with one attached hydrogen (secondary N) is 1. The van der Waals surface area contributed by atoms with Gasteiger partial charge in [0.25, 0.3) is 5.91 Å². The Morgan fingerprint density at radius 2 is 2.07 bits per heavy atom. The van der Waals surface area contributed by atoms with E-state index in [0.29, 0.717) is 18.7 Å². The van der Waals surface area contributed by atoms with Crippen molar-refractivity contribution in [1.82, 2.24) is 14.8 Å². The van der Waals surface area contributed by atoms with E-state index < -0.39 is 24.0 Å². The van der Waals surface area contributed by atoms with Gasteiger partial charge in [0.1, 0.15) is 11.6 Å². The lowest BCUT2D eigenvalue weighted by Crippen LogP contribution is -2.41. The summed E-state index contributed by atoms with van der Waals surface area (Å²) < 4.78 is 12.4. The van der Waals surface area contributed by atoms with Crippen LogP contribution in [0.25, 0.3) is 6.08 Å². The van der Waals surface area contributed by atoms with Crippen LogP contribution in [0.1, 0.15) is 36.8 Å². The third-order valence-electron chi connectivity index (χ3n) is 4.77. The second kappa shape index (κ2) is 9.39. The van der Waals surface area contributed by atoms with Crippen molar-refractivity contribution in [2.45, 2.75) is 39.8 Å². The van der Waals surface area contributed by atoms with Crippen LogP contribution in [0.5, 0.6) is 0 Å². The first-order valence-electron chi connectivity index (χ1n) is 9.30. The highest BCUT2D eigenvalue weighted by Crippen LogP contribution is 2.23. The van der Waals surface area contributed by atoms with Gasteiger partial charge in [0.05, 0.1) is 12.6 Å². The van der Waals surface area contributed by atoms with Crippen molar-refractivity contribution in [2.75, 3.05) is 26.8 Å². The molecule has 9 heteroatoms. The fraction of sp³-hybridized carbons (Fsp3) is 0.500. The molecule has 1 saturated heterocycles. The molecule has 1 aliphatic rings. The van der Waals surface area contributed by atoms with Crippen LogP contribution in [0.3, 0.4) is 0 Å². The number of esters is 1. The summed E-state index contributed by atoms with van der Waals surface area (Å²) in [5, 5.41) is 11.9. The first kappa shape index (κ1) is 22.2. The minimum Gasteiger partial charge on any atom is -0.448 e. The number of rotatable bonds is 7. The van der Waals surface area contributed by atoms with Gasteiger partial charge < -0.3 is 19.4 Å². The van der Waals surface area contributed by atoms with E-state index in [1.807, 2.05) is 32.9 Å². The molecule has 156 valence electrons. The van der Waals surface area contributed by atoms with Gasteiger partial charge >= 0.3 is 12.0 Å². The quantitative estimate of drug-likeness (QED) is 0.422. The molecule has 0 bridgehead atoms. The standard InChI is InChI=1S/C20H26N4O5/c1-12-8-16(14(3)24(12)13(2)11-28-5)9-17(10-21)19(26)29-15(4)18(25)23-7-6-22-20(23)27/h8-9,13,15H,6-7,11H2,1-5H3,(H,22,27)/b17-9+/t13-,15+/m0/s1. The van der Waals surface area contributed by atoms with Crippen molar-refractivity contribution in [2.24, 2.45) is 0 Å². The van der Waals surface area contributed by atoms with Crippen molar-refractivity contribution in [3.05, 3.63) is 28.6 Å². The average Bonchev–Trinajstić information content (AvgIpc) is 3.21. The largest absolute Gasteiger partial charge is 0.448 e. The Morgan fingerprint density at radius 1 is 1.38 bits per heavy atom. The van der Waals surface area contributed by atoms with Crippen LogP contribution in [0.2, 0.25) is 0 Å². The number of nitriles is 1. The molecule has 1 aliphatic heterocycles. The number of carbonyl (C=O) groups excluding carboxylic acids is 3. The highest BCUT2D eigenvalue weighted by atomic mass is 16.5. The molecular weight excluding hydrogens is 376 g/mol. The van der Waals surface area contributed by atoms with Gasteiger partial charge in [-0.3, -0.25) is 9.69 Å². The lowest BCUT2D eigenvalue weighted by atomic mass is 10.1. The number of methoxy groups -OCH3 is 1. The minimum absolute atomic E-state index is 0.0869. The Balaban J connectivity index is 2.18. The zero-order valence-electron chi connectivity index (χ0n) is 17.3. The lowest BCUT2D eigenvalue weighted by Gasteiger charge is -2.18. The molecule has 2 atom stereocenters. The molecule has 1 aromatic rings. The van der Waals surface area contributed by atoms with Gasteiger partial charge in [-0.25, -0.2) is 9.59 Å². The smallest absolute Gasteiger partial charge is 0.349 e. The summed E-state index contributed by atoms with van der Waals surface area (Å²) >= 11 is 0. The molecule has 0 aromatic carbocycles. The average molecular weight is 402 g/mol. The van der Waals surface area contributed by atoms with E-state index in [-0.39, 0.29) is 18.2 Å². The summed E-state index contributed by atoms with van der Waals surface area (Å²) in [7, 11) is 1.63. The van der Waals surface area contributed by atoms with Crippen LogP contribution in [-0.2, 0) is 19.1 Å². The van der Waals surface area contributed by atoms with Crippen LogP contribution in [0.4, 0.5) is 4.79 Å². The third kappa shape index (κ3) is 4.84. The van der Waals surface area contributed by atoms with E-state index in [0.717, 1.165) is 16.3 Å². The number of aromatic nitrogens is 1. The molecule has 2 heterocycles. The van der Waals surface area contributed by atoms with Gasteiger partial charge in [0.15, 0.2) is 6.10 Å². The zero-order chi connectivity index (χ0) is 21.7. The van der Waals surface area contributed by atoms with E-state index in [1.54, 1.807) is 7.11 Å². The number of ether oxygens (including phenoxy) is 2. The maximum Gasteiger partial charge on any atom is 0.349 e. The second-order valence-electron chi connectivity index (χ2n) is 6.94. The third-order valence-corrected chi connectivity index (χ3v) is 4.77. The van der Waals surface area contributed by atoms with Gasteiger partial charge in [0.2, 0.25) is 0 Å². The monoisotopic (exact) mass is 402 g/mol. The van der Waals surface area contributed by atoms with Crippen molar-refractivity contribution >= 4 is 24.0 Å². The number of amides is 3. The van der Waals surface area contributed by atoms with Crippen molar-refractivity contribution < 1.29 is 23.9 Å². The predicted molar refractivity (Wildman–Crippen MR) is 105 cm³/mol. The van der Waals surface area contributed by atoms with Gasteiger partial charge in [-0.05, 0) is 45.4 Å². The van der Waals surface area contributed by atoms with Crippen LogP contribution >= 0.6 is 0 Å². The highest BCUT2D eigenvalue weighted by Gasteiger charge is 2.32. The summed E-state index contributed by atoms with van der Waals surface area (Å²) in [6.07, 6.45) is 0.262. The topological polar surface area (TPSA) is 114 Å². The second-order valence-corrected chi connectivity index (χ2v) is 6.94. The SMILES string of the molecule is COC[C@H](C)n1c(C)cc(/C=C(\C#N)C(=O)O[C@H](C)C(=O)N2CCNC2=O)c1C. The number of aryl methyl sites for hydroxylation is 1. The van der Waals surface area contributed by atoms with Crippen LogP contribution < -0.4 is 5.32 Å². The van der Waals surface area contributed by atoms with Gasteiger partial charge in [-0.15, -0.1) is 0 Å². The van der Waals surface area contributed by atoms with E-state index in [9.17, 15) is 19.6 Å². The summed E-state index contributed by atoms with van der Waals surface area (Å²) in [5.74, 6) is -1.54. The Labute approximate surface area is 169 Å². The Bertz CT molecular complexity index is 880. The fourth-order valence-corrected chi connectivity index (χ4v) is 3.41. The molecule has 2 rings (SSSR count). The number of hydrogen-bond donors (Lipinski definition) is 1. The number of hydrogen-bond acceptors (Lipinski definition) is 6. The minimum atomic E-state index is -1.18. The Kier molecular flexibility index (Phi) is 7.18. The molecule has 29 heavy (non-hydrogen) atoms. The van der Waals surface area contributed by atoms with Gasteiger partial charge in [-0.2, -0.15) is 5.26 Å². The summed E-state index contributed by atoms with van der Waals surface area (Å²) in [4.78, 5) is 37.3. The number of nitrogens with zero attached hydrogens (tertiary/aromatic N) is 3. The van der Waals surface area contributed by atoms with Crippen LogP contribution in [0, 0.1) is 25.2 Å². The van der Waals surface area contributed by atoms with E-state index in [4.69, 9.17) is 9.47 Å². The predicted octanol–water partition coefficient (Wildman–Crippen LogP) is 1.70. The van der Waals surface area contributed by atoms with Gasteiger partial charge in [-0.1, -0.05) is 0 Å². The number of imide groups is 1. The molecule has 0 aliphatic carbocycles. The molecule has 0 unspecified atom stereocenters. The molecule has 0 radical (unpaired) electrons. The molecule has 0 saturated carbocycles. The molecular formula is C20H26N4O5. The summed E-state index contributed by atoms with van der Waals surface area (Å²) in [6, 6.07) is 3.27. The number of carbonyl (C=O) groups is 3. The molecule has 1 aromatic heterocycles. The lowest BCUT2D eigenvalue weighted by molar-refractivity contribution is -0.153. The van der Waals surface area contributed by atoms with Crippen molar-refractivity contribution in [3.63, 3.8) is 0 Å². The van der Waals surface area contributed by atoms with Crippen LogP contribution in [-0.4, -0.2) is 60.3 Å².